The van der Waals surface area contributed by atoms with E-state index in [4.69, 9.17) is 5.73 Å². The molecule has 2 heterocycles. The van der Waals surface area contributed by atoms with Crippen molar-refractivity contribution in [2.45, 2.75) is 26.7 Å². The minimum absolute atomic E-state index is 0.0157. The number of aromatic nitrogens is 2. The van der Waals surface area contributed by atoms with Gasteiger partial charge < -0.3 is 10.6 Å². The van der Waals surface area contributed by atoms with Gasteiger partial charge in [-0.05, 0) is 37.0 Å². The largest absolute Gasteiger partial charge is 0.398 e. The minimum Gasteiger partial charge on any atom is -0.398 e. The minimum atomic E-state index is 0.0157. The molecule has 0 saturated carbocycles. The lowest BCUT2D eigenvalue weighted by atomic mass is 10.1. The van der Waals surface area contributed by atoms with Crippen LogP contribution in [0.3, 0.4) is 0 Å². The Morgan fingerprint density at radius 2 is 2.19 bits per heavy atom. The van der Waals surface area contributed by atoms with Gasteiger partial charge in [-0.25, -0.2) is 0 Å². The van der Waals surface area contributed by atoms with Crippen molar-refractivity contribution in [3.8, 4) is 0 Å². The molecule has 1 aromatic heterocycles. The van der Waals surface area contributed by atoms with Gasteiger partial charge in [0.2, 0.25) is 0 Å². The second-order valence-electron chi connectivity index (χ2n) is 5.56. The van der Waals surface area contributed by atoms with Gasteiger partial charge in [0.15, 0.2) is 0 Å². The Labute approximate surface area is 124 Å². The van der Waals surface area contributed by atoms with E-state index in [2.05, 4.69) is 11.2 Å². The number of benzene rings is 1. The standard InChI is InChI=1S/C16H20N4O/c1-4-14-12(9-19(3)18-14)16(21)20-6-5-11-7-10(2)13(17)8-15(11)20/h7-9H,4-6,17H2,1-3H3. The maximum atomic E-state index is 12.8. The van der Waals surface area contributed by atoms with Crippen LogP contribution in [0.5, 0.6) is 0 Å². The molecular weight excluding hydrogens is 264 g/mol. The number of anilines is 2. The summed E-state index contributed by atoms with van der Waals surface area (Å²) < 4.78 is 1.70. The third-order valence-electron chi connectivity index (χ3n) is 4.08. The lowest BCUT2D eigenvalue weighted by molar-refractivity contribution is 0.0988. The summed E-state index contributed by atoms with van der Waals surface area (Å²) in [5, 5.41) is 4.35. The number of carbonyl (C=O) groups excluding carboxylic acids is 1. The summed E-state index contributed by atoms with van der Waals surface area (Å²) in [7, 11) is 1.84. The molecule has 110 valence electrons. The van der Waals surface area contributed by atoms with E-state index in [1.54, 1.807) is 10.9 Å². The third-order valence-corrected chi connectivity index (χ3v) is 4.08. The van der Waals surface area contributed by atoms with Crippen LogP contribution in [0.2, 0.25) is 0 Å². The van der Waals surface area contributed by atoms with Gasteiger partial charge in [-0.1, -0.05) is 13.0 Å². The first-order valence-electron chi connectivity index (χ1n) is 7.24. The van der Waals surface area contributed by atoms with E-state index in [9.17, 15) is 4.79 Å². The predicted molar refractivity (Wildman–Crippen MR) is 83.6 cm³/mol. The van der Waals surface area contributed by atoms with Crippen LogP contribution in [0.15, 0.2) is 18.3 Å². The molecule has 1 aliphatic rings. The van der Waals surface area contributed by atoms with Crippen molar-refractivity contribution in [3.05, 3.63) is 40.7 Å². The monoisotopic (exact) mass is 284 g/mol. The Hall–Kier alpha value is -2.30. The van der Waals surface area contributed by atoms with Crippen LogP contribution >= 0.6 is 0 Å². The van der Waals surface area contributed by atoms with Crippen molar-refractivity contribution in [1.29, 1.82) is 0 Å². The van der Waals surface area contributed by atoms with Crippen molar-refractivity contribution in [2.24, 2.45) is 7.05 Å². The number of hydrogen-bond acceptors (Lipinski definition) is 3. The van der Waals surface area contributed by atoms with Gasteiger partial charge >= 0.3 is 0 Å². The zero-order valence-corrected chi connectivity index (χ0v) is 12.7. The van der Waals surface area contributed by atoms with E-state index in [1.165, 1.54) is 5.56 Å². The number of nitrogens with two attached hydrogens (primary N) is 1. The van der Waals surface area contributed by atoms with Crippen molar-refractivity contribution in [1.82, 2.24) is 9.78 Å². The van der Waals surface area contributed by atoms with E-state index in [1.807, 2.05) is 31.9 Å². The average molecular weight is 284 g/mol. The van der Waals surface area contributed by atoms with Gasteiger partial charge in [-0.15, -0.1) is 0 Å². The highest BCUT2D eigenvalue weighted by Crippen LogP contribution is 2.33. The van der Waals surface area contributed by atoms with Crippen molar-refractivity contribution >= 4 is 17.3 Å². The van der Waals surface area contributed by atoms with Crippen LogP contribution in [-0.4, -0.2) is 22.2 Å². The van der Waals surface area contributed by atoms with Crippen molar-refractivity contribution in [2.75, 3.05) is 17.2 Å². The predicted octanol–water partition coefficient (Wildman–Crippen LogP) is 2.08. The van der Waals surface area contributed by atoms with E-state index < -0.39 is 0 Å². The number of fused-ring (bicyclic) bond motifs is 1. The normalized spacial score (nSPS) is 13.6. The van der Waals surface area contributed by atoms with Crippen molar-refractivity contribution < 1.29 is 4.79 Å². The van der Waals surface area contributed by atoms with Gasteiger partial charge in [0, 0.05) is 31.2 Å². The number of nitrogens with zero attached hydrogens (tertiary/aromatic N) is 3. The molecular formula is C16H20N4O. The summed E-state index contributed by atoms with van der Waals surface area (Å²) in [6.45, 7) is 4.71. The zero-order chi connectivity index (χ0) is 15.1. The molecule has 0 fully saturated rings. The highest BCUT2D eigenvalue weighted by atomic mass is 16.2. The second-order valence-corrected chi connectivity index (χ2v) is 5.56. The fraction of sp³-hybridized carbons (Fsp3) is 0.375. The summed E-state index contributed by atoms with van der Waals surface area (Å²) in [5.41, 5.74) is 11.5. The Kier molecular flexibility index (Phi) is 3.20. The Balaban J connectivity index is 2.00. The van der Waals surface area contributed by atoms with Gasteiger partial charge in [0.05, 0.1) is 11.3 Å². The Morgan fingerprint density at radius 3 is 2.90 bits per heavy atom. The first-order valence-corrected chi connectivity index (χ1v) is 7.24. The first-order chi connectivity index (χ1) is 10.0. The first kappa shape index (κ1) is 13.7. The molecule has 2 aromatic rings. The second kappa shape index (κ2) is 4.91. The molecule has 5 nitrogen and oxygen atoms in total. The molecule has 0 atom stereocenters. The number of amides is 1. The molecule has 0 radical (unpaired) electrons. The molecule has 1 aliphatic heterocycles. The summed E-state index contributed by atoms with van der Waals surface area (Å²) in [4.78, 5) is 14.7. The quantitative estimate of drug-likeness (QED) is 0.859. The molecule has 0 saturated heterocycles. The fourth-order valence-electron chi connectivity index (χ4n) is 2.91. The SMILES string of the molecule is CCc1nn(C)cc1C(=O)N1CCc2cc(C)c(N)cc21. The molecule has 2 N–H and O–H groups in total. The number of rotatable bonds is 2. The van der Waals surface area contributed by atoms with Gasteiger partial charge in [0.1, 0.15) is 0 Å². The van der Waals surface area contributed by atoms with E-state index in [0.717, 1.165) is 35.5 Å². The smallest absolute Gasteiger partial charge is 0.261 e. The van der Waals surface area contributed by atoms with Crippen LogP contribution in [0.4, 0.5) is 11.4 Å². The number of carbonyl (C=O) groups is 1. The van der Waals surface area contributed by atoms with Crippen LogP contribution in [0.1, 0.15) is 34.1 Å². The summed E-state index contributed by atoms with van der Waals surface area (Å²) in [5.74, 6) is 0.0157. The molecule has 1 amide bonds. The Bertz CT molecular complexity index is 717. The molecule has 0 bridgehead atoms. The van der Waals surface area contributed by atoms with Gasteiger partial charge in [0.25, 0.3) is 5.91 Å². The summed E-state index contributed by atoms with van der Waals surface area (Å²) >= 11 is 0. The summed E-state index contributed by atoms with van der Waals surface area (Å²) in [6.07, 6.45) is 3.43. The highest BCUT2D eigenvalue weighted by molar-refractivity contribution is 6.08. The number of hydrogen-bond donors (Lipinski definition) is 1. The lowest BCUT2D eigenvalue weighted by Crippen LogP contribution is -2.29. The summed E-state index contributed by atoms with van der Waals surface area (Å²) in [6, 6.07) is 4.00. The molecule has 3 rings (SSSR count). The van der Waals surface area contributed by atoms with Crippen LogP contribution in [0, 0.1) is 6.92 Å². The van der Waals surface area contributed by atoms with E-state index in [-0.39, 0.29) is 5.91 Å². The van der Waals surface area contributed by atoms with Crippen molar-refractivity contribution in [3.63, 3.8) is 0 Å². The lowest BCUT2D eigenvalue weighted by Gasteiger charge is -2.18. The topological polar surface area (TPSA) is 64.2 Å². The van der Waals surface area contributed by atoms with E-state index >= 15 is 0 Å². The fourth-order valence-corrected chi connectivity index (χ4v) is 2.91. The highest BCUT2D eigenvalue weighted by Gasteiger charge is 2.28. The van der Waals surface area contributed by atoms with Gasteiger partial charge in [-0.2, -0.15) is 5.10 Å². The Morgan fingerprint density at radius 1 is 1.43 bits per heavy atom. The number of nitrogen functional groups attached to an aromatic ring is 1. The van der Waals surface area contributed by atoms with Crippen LogP contribution in [0.25, 0.3) is 0 Å². The molecule has 0 aliphatic carbocycles. The molecule has 0 unspecified atom stereocenters. The van der Waals surface area contributed by atoms with Crippen LogP contribution < -0.4 is 10.6 Å². The molecule has 5 heteroatoms. The number of aryl methyl sites for hydroxylation is 3. The molecule has 1 aromatic carbocycles. The average Bonchev–Trinajstić information content (AvgIpc) is 3.02. The van der Waals surface area contributed by atoms with Crippen LogP contribution in [-0.2, 0) is 19.9 Å². The zero-order valence-electron chi connectivity index (χ0n) is 12.7. The van der Waals surface area contributed by atoms with Gasteiger partial charge in [-0.3, -0.25) is 9.48 Å². The third kappa shape index (κ3) is 2.18. The van der Waals surface area contributed by atoms with E-state index in [0.29, 0.717) is 12.1 Å². The molecule has 21 heavy (non-hydrogen) atoms. The molecule has 0 spiro atoms. The maximum absolute atomic E-state index is 12.8. The maximum Gasteiger partial charge on any atom is 0.261 e.